The first-order valence-corrected chi connectivity index (χ1v) is 7.76. The van der Waals surface area contributed by atoms with Gasteiger partial charge in [-0.3, -0.25) is 9.79 Å². The van der Waals surface area contributed by atoms with Gasteiger partial charge in [-0.25, -0.2) is 0 Å². The zero-order chi connectivity index (χ0) is 16.2. The van der Waals surface area contributed by atoms with E-state index in [1.807, 2.05) is 11.9 Å². The molecule has 0 unspecified atom stereocenters. The van der Waals surface area contributed by atoms with E-state index in [0.29, 0.717) is 13.1 Å². The average Bonchev–Trinajstić information content (AvgIpc) is 2.27. The van der Waals surface area contributed by atoms with Crippen LogP contribution in [0.25, 0.3) is 0 Å². The van der Waals surface area contributed by atoms with Gasteiger partial charge < -0.3 is 9.80 Å². The number of hydrogen-bond donors (Lipinski definition) is 0. The molecular weight excluding hydrogens is 262 g/mol. The topological polar surface area (TPSA) is 35.9 Å². The molecule has 2 aliphatic rings. The standard InChI is InChI=1S/C17H29N3O/c1-11-14(16(2,3)4)12-9-19(8)13(21)10-20(12)15(18-11)17(5,6)7/h11H,9-10H2,1-8H3/t11-/m0/s1. The van der Waals surface area contributed by atoms with Crippen LogP contribution in [0.5, 0.6) is 0 Å². The van der Waals surface area contributed by atoms with E-state index in [2.05, 4.69) is 53.4 Å². The molecule has 0 aromatic carbocycles. The quantitative estimate of drug-likeness (QED) is 0.688. The first-order valence-electron chi connectivity index (χ1n) is 7.76. The molecule has 1 amide bonds. The van der Waals surface area contributed by atoms with Crippen LogP contribution in [-0.2, 0) is 4.79 Å². The molecule has 1 fully saturated rings. The zero-order valence-corrected chi connectivity index (χ0v) is 14.7. The van der Waals surface area contributed by atoms with Gasteiger partial charge in [-0.05, 0) is 17.9 Å². The highest BCUT2D eigenvalue weighted by molar-refractivity contribution is 5.95. The van der Waals surface area contributed by atoms with E-state index >= 15 is 0 Å². The number of amides is 1. The number of aliphatic imine (C=N–C) groups is 1. The van der Waals surface area contributed by atoms with E-state index in [4.69, 9.17) is 4.99 Å². The van der Waals surface area contributed by atoms with Crippen LogP contribution in [0.3, 0.4) is 0 Å². The minimum atomic E-state index is -0.0564. The highest BCUT2D eigenvalue weighted by Gasteiger charge is 2.41. The lowest BCUT2D eigenvalue weighted by Gasteiger charge is -2.47. The maximum Gasteiger partial charge on any atom is 0.242 e. The van der Waals surface area contributed by atoms with Gasteiger partial charge in [0.1, 0.15) is 12.4 Å². The molecule has 4 nitrogen and oxygen atoms in total. The third kappa shape index (κ3) is 2.85. The Morgan fingerprint density at radius 2 is 1.62 bits per heavy atom. The molecule has 1 saturated heterocycles. The van der Waals surface area contributed by atoms with Gasteiger partial charge in [0.05, 0.1) is 12.6 Å². The second-order valence-electron chi connectivity index (χ2n) is 8.32. The second-order valence-corrected chi connectivity index (χ2v) is 8.32. The number of carbonyl (C=O) groups is 1. The summed E-state index contributed by atoms with van der Waals surface area (Å²) in [4.78, 5) is 21.1. The van der Waals surface area contributed by atoms with Crippen LogP contribution in [0.1, 0.15) is 48.5 Å². The highest BCUT2D eigenvalue weighted by atomic mass is 16.2. The molecule has 0 aromatic rings. The Morgan fingerprint density at radius 3 is 2.10 bits per heavy atom. The average molecular weight is 291 g/mol. The van der Waals surface area contributed by atoms with Crippen LogP contribution in [0.2, 0.25) is 0 Å². The van der Waals surface area contributed by atoms with Crippen molar-refractivity contribution in [1.82, 2.24) is 9.80 Å². The minimum Gasteiger partial charge on any atom is -0.338 e. The number of nitrogens with zero attached hydrogens (tertiary/aromatic N) is 3. The van der Waals surface area contributed by atoms with E-state index in [9.17, 15) is 4.79 Å². The van der Waals surface area contributed by atoms with Crippen LogP contribution in [0, 0.1) is 10.8 Å². The normalized spacial score (nSPS) is 24.3. The summed E-state index contributed by atoms with van der Waals surface area (Å²) in [6.07, 6.45) is 0. The van der Waals surface area contributed by atoms with Crippen molar-refractivity contribution in [1.29, 1.82) is 0 Å². The van der Waals surface area contributed by atoms with Crippen LogP contribution in [0.4, 0.5) is 0 Å². The van der Waals surface area contributed by atoms with Gasteiger partial charge in [-0.15, -0.1) is 0 Å². The van der Waals surface area contributed by atoms with Crippen molar-refractivity contribution in [3.05, 3.63) is 11.3 Å². The third-order valence-corrected chi connectivity index (χ3v) is 4.21. The molecule has 0 aromatic heterocycles. The van der Waals surface area contributed by atoms with Crippen molar-refractivity contribution < 1.29 is 4.79 Å². The smallest absolute Gasteiger partial charge is 0.242 e. The molecule has 1 atom stereocenters. The number of piperazine rings is 1. The van der Waals surface area contributed by atoms with E-state index in [-0.39, 0.29) is 22.8 Å². The maximum absolute atomic E-state index is 12.2. The van der Waals surface area contributed by atoms with Crippen LogP contribution >= 0.6 is 0 Å². The number of amidine groups is 1. The number of rotatable bonds is 0. The fourth-order valence-electron chi connectivity index (χ4n) is 3.40. The molecular formula is C17H29N3O. The lowest BCUT2D eigenvalue weighted by atomic mass is 9.78. The molecule has 0 spiro atoms. The van der Waals surface area contributed by atoms with Gasteiger partial charge in [-0.1, -0.05) is 41.5 Å². The van der Waals surface area contributed by atoms with E-state index < -0.39 is 0 Å². The van der Waals surface area contributed by atoms with Crippen LogP contribution in [0.15, 0.2) is 16.3 Å². The van der Waals surface area contributed by atoms with E-state index in [0.717, 1.165) is 5.84 Å². The van der Waals surface area contributed by atoms with E-state index in [1.54, 1.807) is 0 Å². The predicted molar refractivity (Wildman–Crippen MR) is 87.2 cm³/mol. The SMILES string of the molecule is C[C@@H]1N=C(C(C)(C)C)N2CC(=O)N(C)CC2=C1C(C)(C)C. The summed E-state index contributed by atoms with van der Waals surface area (Å²) in [5, 5.41) is 0. The molecule has 0 N–H and O–H groups in total. The van der Waals surface area contributed by atoms with Crippen molar-refractivity contribution in [3.63, 3.8) is 0 Å². The molecule has 2 aliphatic heterocycles. The largest absolute Gasteiger partial charge is 0.338 e. The molecule has 2 heterocycles. The van der Waals surface area contributed by atoms with Crippen molar-refractivity contribution >= 4 is 11.7 Å². The lowest BCUT2D eigenvalue weighted by Crippen LogP contribution is -2.55. The molecule has 0 saturated carbocycles. The zero-order valence-electron chi connectivity index (χ0n) is 14.7. The summed E-state index contributed by atoms with van der Waals surface area (Å²) < 4.78 is 0. The molecule has 4 heteroatoms. The Morgan fingerprint density at radius 1 is 1.05 bits per heavy atom. The molecule has 21 heavy (non-hydrogen) atoms. The first kappa shape index (κ1) is 16.1. The Bertz CT molecular complexity index is 517. The molecule has 118 valence electrons. The third-order valence-electron chi connectivity index (χ3n) is 4.21. The highest BCUT2D eigenvalue weighted by Crippen LogP contribution is 2.40. The van der Waals surface area contributed by atoms with Crippen molar-refractivity contribution in [3.8, 4) is 0 Å². The van der Waals surface area contributed by atoms with Gasteiger partial charge in [-0.2, -0.15) is 0 Å². The number of carbonyl (C=O) groups excluding carboxylic acids is 1. The fraction of sp³-hybridized carbons (Fsp3) is 0.765. The van der Waals surface area contributed by atoms with Gasteiger partial charge in [0.25, 0.3) is 0 Å². The Labute approximate surface area is 128 Å². The molecule has 0 aliphatic carbocycles. The summed E-state index contributed by atoms with van der Waals surface area (Å²) >= 11 is 0. The summed E-state index contributed by atoms with van der Waals surface area (Å²) in [7, 11) is 1.89. The van der Waals surface area contributed by atoms with Crippen molar-refractivity contribution in [2.75, 3.05) is 20.1 Å². The molecule has 2 rings (SSSR count). The Balaban J connectivity index is 2.58. The lowest BCUT2D eigenvalue weighted by molar-refractivity contribution is -0.131. The van der Waals surface area contributed by atoms with Gasteiger partial charge in [0, 0.05) is 18.2 Å². The fourth-order valence-corrected chi connectivity index (χ4v) is 3.40. The minimum absolute atomic E-state index is 0.0564. The molecule has 0 radical (unpaired) electrons. The monoisotopic (exact) mass is 291 g/mol. The van der Waals surface area contributed by atoms with Crippen LogP contribution in [-0.4, -0.2) is 47.7 Å². The van der Waals surface area contributed by atoms with Gasteiger partial charge >= 0.3 is 0 Å². The number of fused-ring (bicyclic) bond motifs is 1. The van der Waals surface area contributed by atoms with Crippen LogP contribution < -0.4 is 0 Å². The summed E-state index contributed by atoms with van der Waals surface area (Å²) in [5.74, 6) is 1.21. The number of likely N-dealkylation sites (N-methyl/N-ethyl adjacent to an activating group) is 1. The Hall–Kier alpha value is -1.32. The molecule has 0 bridgehead atoms. The first-order chi connectivity index (χ1) is 9.43. The Kier molecular flexibility index (Phi) is 3.71. The summed E-state index contributed by atoms with van der Waals surface area (Å²) in [5.41, 5.74) is 2.63. The second kappa shape index (κ2) is 4.85. The van der Waals surface area contributed by atoms with Crippen molar-refractivity contribution in [2.24, 2.45) is 15.8 Å². The summed E-state index contributed by atoms with van der Waals surface area (Å²) in [6.45, 7) is 16.5. The van der Waals surface area contributed by atoms with E-state index in [1.165, 1.54) is 11.3 Å². The van der Waals surface area contributed by atoms with Gasteiger partial charge in [0.15, 0.2) is 0 Å². The van der Waals surface area contributed by atoms with Crippen molar-refractivity contribution in [2.45, 2.75) is 54.5 Å². The number of hydrogen-bond acceptors (Lipinski definition) is 3. The maximum atomic E-state index is 12.2. The van der Waals surface area contributed by atoms with Gasteiger partial charge in [0.2, 0.25) is 5.91 Å². The predicted octanol–water partition coefficient (Wildman–Crippen LogP) is 2.91. The summed E-state index contributed by atoms with van der Waals surface area (Å²) in [6, 6.07) is 0.173.